The van der Waals surface area contributed by atoms with Gasteiger partial charge in [-0.15, -0.1) is 0 Å². The Balaban J connectivity index is 2.95. The highest BCUT2D eigenvalue weighted by molar-refractivity contribution is 14.1. The summed E-state index contributed by atoms with van der Waals surface area (Å²) >= 11 is 2.37. The Hall–Kier alpha value is 0.160. The van der Waals surface area contributed by atoms with E-state index in [9.17, 15) is 4.79 Å². The van der Waals surface area contributed by atoms with Gasteiger partial charge in [-0.2, -0.15) is 0 Å². The zero-order chi connectivity index (χ0) is 9.23. The average molecular weight is 285 g/mol. The molecule has 0 heterocycles. The molecular weight excluding hydrogens is 269 g/mol. The molecule has 0 aromatic rings. The summed E-state index contributed by atoms with van der Waals surface area (Å²) in [6.45, 7) is 0. The minimum Gasteiger partial charge on any atom is -0.289 e. The highest BCUT2D eigenvalue weighted by Crippen LogP contribution is 2.06. The first-order valence-electron chi connectivity index (χ1n) is 4.30. The second-order valence-electron chi connectivity index (χ2n) is 2.74. The van der Waals surface area contributed by atoms with E-state index in [0.29, 0.717) is 6.42 Å². The number of hydrogen-bond donors (Lipinski definition) is 2. The molecule has 4 heteroatoms. The van der Waals surface area contributed by atoms with Crippen LogP contribution in [0.4, 0.5) is 0 Å². The van der Waals surface area contributed by atoms with Gasteiger partial charge in [0.15, 0.2) is 0 Å². The van der Waals surface area contributed by atoms with Crippen molar-refractivity contribution in [3.8, 4) is 0 Å². The van der Waals surface area contributed by atoms with Crippen LogP contribution in [0.2, 0.25) is 0 Å². The topological polar surface area (TPSA) is 49.3 Å². The van der Waals surface area contributed by atoms with Crippen molar-refractivity contribution >= 4 is 28.5 Å². The molecule has 0 aliphatic carbocycles. The monoisotopic (exact) mass is 285 g/mol. The molecule has 0 unspecified atom stereocenters. The summed E-state index contributed by atoms with van der Waals surface area (Å²) in [6, 6.07) is 0. The van der Waals surface area contributed by atoms with E-state index in [1.807, 2.05) is 0 Å². The smallest absolute Gasteiger partial charge is 0.243 e. The van der Waals surface area contributed by atoms with Crippen LogP contribution in [-0.4, -0.2) is 15.5 Å². The summed E-state index contributed by atoms with van der Waals surface area (Å²) in [5.41, 5.74) is 1.63. The van der Waals surface area contributed by atoms with Crippen LogP contribution in [0.5, 0.6) is 0 Å². The predicted molar refractivity (Wildman–Crippen MR) is 56.5 cm³/mol. The molecule has 0 aliphatic rings. The van der Waals surface area contributed by atoms with Gasteiger partial charge < -0.3 is 0 Å². The Bertz CT molecular complexity index is 120. The fourth-order valence-electron chi connectivity index (χ4n) is 0.966. The van der Waals surface area contributed by atoms with E-state index in [4.69, 9.17) is 5.21 Å². The molecule has 0 saturated heterocycles. The van der Waals surface area contributed by atoms with Crippen molar-refractivity contribution in [1.82, 2.24) is 5.48 Å². The number of alkyl halides is 1. The quantitative estimate of drug-likeness (QED) is 0.248. The fourth-order valence-corrected chi connectivity index (χ4v) is 1.51. The van der Waals surface area contributed by atoms with Crippen molar-refractivity contribution in [2.24, 2.45) is 0 Å². The van der Waals surface area contributed by atoms with Crippen molar-refractivity contribution in [1.29, 1.82) is 0 Å². The van der Waals surface area contributed by atoms with E-state index in [-0.39, 0.29) is 5.91 Å². The SMILES string of the molecule is O=C(CCCCCCCI)NO. The first-order valence-corrected chi connectivity index (χ1v) is 5.82. The van der Waals surface area contributed by atoms with E-state index in [1.54, 1.807) is 5.48 Å². The summed E-state index contributed by atoms with van der Waals surface area (Å²) in [4.78, 5) is 10.5. The van der Waals surface area contributed by atoms with Crippen LogP contribution in [0.25, 0.3) is 0 Å². The molecular formula is C8H16INO2. The molecule has 0 rings (SSSR count). The number of halogens is 1. The molecule has 0 atom stereocenters. The van der Waals surface area contributed by atoms with E-state index in [2.05, 4.69) is 22.6 Å². The standard InChI is InChI=1S/C8H16INO2/c9-7-5-3-1-2-4-6-8(11)10-12/h12H,1-7H2,(H,10,11). The summed E-state index contributed by atoms with van der Waals surface area (Å²) in [5.74, 6) is -0.274. The second kappa shape index (κ2) is 9.25. The number of nitrogens with one attached hydrogen (secondary N) is 1. The lowest BCUT2D eigenvalue weighted by molar-refractivity contribution is -0.129. The minimum atomic E-state index is -0.274. The fraction of sp³-hybridized carbons (Fsp3) is 0.875. The normalized spacial score (nSPS) is 9.83. The van der Waals surface area contributed by atoms with Crippen LogP contribution in [0.3, 0.4) is 0 Å². The van der Waals surface area contributed by atoms with Gasteiger partial charge in [-0.05, 0) is 17.3 Å². The zero-order valence-corrected chi connectivity index (χ0v) is 9.34. The molecule has 0 saturated carbocycles. The summed E-state index contributed by atoms with van der Waals surface area (Å²) in [5, 5.41) is 8.18. The Labute approximate surface area is 87.0 Å². The molecule has 0 spiro atoms. The Morgan fingerprint density at radius 2 is 1.75 bits per heavy atom. The van der Waals surface area contributed by atoms with Crippen molar-refractivity contribution in [3.05, 3.63) is 0 Å². The maximum absolute atomic E-state index is 10.5. The lowest BCUT2D eigenvalue weighted by Crippen LogP contribution is -2.17. The van der Waals surface area contributed by atoms with E-state index in [1.165, 1.54) is 23.7 Å². The molecule has 3 nitrogen and oxygen atoms in total. The molecule has 0 aliphatic heterocycles. The van der Waals surface area contributed by atoms with Gasteiger partial charge >= 0.3 is 0 Å². The third-order valence-electron chi connectivity index (χ3n) is 1.66. The number of unbranched alkanes of at least 4 members (excludes halogenated alkanes) is 4. The summed E-state index contributed by atoms with van der Waals surface area (Å²) in [7, 11) is 0. The maximum Gasteiger partial charge on any atom is 0.243 e. The number of carbonyl (C=O) groups is 1. The van der Waals surface area contributed by atoms with Gasteiger partial charge in [0, 0.05) is 6.42 Å². The van der Waals surface area contributed by atoms with Crippen molar-refractivity contribution < 1.29 is 10.0 Å². The van der Waals surface area contributed by atoms with Crippen LogP contribution in [0.15, 0.2) is 0 Å². The molecule has 0 aromatic carbocycles. The third-order valence-corrected chi connectivity index (χ3v) is 2.42. The Morgan fingerprint density at radius 3 is 2.33 bits per heavy atom. The van der Waals surface area contributed by atoms with E-state index < -0.39 is 0 Å². The van der Waals surface area contributed by atoms with E-state index >= 15 is 0 Å². The average Bonchev–Trinajstić information content (AvgIpc) is 2.10. The van der Waals surface area contributed by atoms with Crippen molar-refractivity contribution in [3.63, 3.8) is 0 Å². The Morgan fingerprint density at radius 1 is 1.17 bits per heavy atom. The first kappa shape index (κ1) is 12.2. The molecule has 72 valence electrons. The lowest BCUT2D eigenvalue weighted by Gasteiger charge is -1.98. The second-order valence-corrected chi connectivity index (χ2v) is 3.82. The van der Waals surface area contributed by atoms with Crippen molar-refractivity contribution in [2.75, 3.05) is 4.43 Å². The lowest BCUT2D eigenvalue weighted by atomic mass is 10.1. The largest absolute Gasteiger partial charge is 0.289 e. The van der Waals surface area contributed by atoms with Gasteiger partial charge in [0.05, 0.1) is 0 Å². The molecule has 2 N–H and O–H groups in total. The van der Waals surface area contributed by atoms with Gasteiger partial charge in [-0.1, -0.05) is 41.9 Å². The highest BCUT2D eigenvalue weighted by Gasteiger charge is 1.97. The maximum atomic E-state index is 10.5. The third kappa shape index (κ3) is 8.26. The number of amides is 1. The van der Waals surface area contributed by atoms with Gasteiger partial charge in [0.1, 0.15) is 0 Å². The molecule has 0 fully saturated rings. The van der Waals surface area contributed by atoms with Crippen LogP contribution in [-0.2, 0) is 4.79 Å². The molecule has 12 heavy (non-hydrogen) atoms. The van der Waals surface area contributed by atoms with Crippen LogP contribution < -0.4 is 5.48 Å². The minimum absolute atomic E-state index is 0.274. The first-order chi connectivity index (χ1) is 5.81. The number of hydrogen-bond acceptors (Lipinski definition) is 2. The van der Waals surface area contributed by atoms with E-state index in [0.717, 1.165) is 12.8 Å². The number of rotatable bonds is 7. The van der Waals surface area contributed by atoms with Crippen LogP contribution >= 0.6 is 22.6 Å². The highest BCUT2D eigenvalue weighted by atomic mass is 127. The van der Waals surface area contributed by atoms with Gasteiger partial charge in [-0.25, -0.2) is 5.48 Å². The molecule has 0 bridgehead atoms. The van der Waals surface area contributed by atoms with Gasteiger partial charge in [0.25, 0.3) is 0 Å². The summed E-state index contributed by atoms with van der Waals surface area (Å²) < 4.78 is 1.22. The van der Waals surface area contributed by atoms with Crippen molar-refractivity contribution in [2.45, 2.75) is 38.5 Å². The van der Waals surface area contributed by atoms with Gasteiger partial charge in [-0.3, -0.25) is 10.0 Å². The predicted octanol–water partition coefficient (Wildman–Crippen LogP) is 2.27. The molecule has 0 aromatic heterocycles. The van der Waals surface area contributed by atoms with Crippen LogP contribution in [0, 0.1) is 0 Å². The number of hydroxylamine groups is 1. The summed E-state index contributed by atoms with van der Waals surface area (Å²) in [6.07, 6.45) is 6.14. The zero-order valence-electron chi connectivity index (χ0n) is 7.18. The molecule has 0 radical (unpaired) electrons. The molecule has 1 amide bonds. The van der Waals surface area contributed by atoms with Crippen LogP contribution in [0.1, 0.15) is 38.5 Å². The van der Waals surface area contributed by atoms with Gasteiger partial charge in [0.2, 0.25) is 5.91 Å². The Kier molecular flexibility index (Phi) is 9.37. The number of carbonyl (C=O) groups excluding carboxylic acids is 1.